The van der Waals surface area contributed by atoms with E-state index in [4.69, 9.17) is 4.74 Å². The maximum absolute atomic E-state index is 12.1. The molecule has 0 atom stereocenters. The fraction of sp³-hybridized carbons (Fsp3) is 0.375. The number of aromatic nitrogens is 2. The molecule has 5 nitrogen and oxygen atoms in total. The van der Waals surface area contributed by atoms with Gasteiger partial charge in [0, 0.05) is 6.20 Å². The Kier molecular flexibility index (Phi) is 4.62. The van der Waals surface area contributed by atoms with Crippen molar-refractivity contribution >= 4 is 11.6 Å². The number of anilines is 1. The van der Waals surface area contributed by atoms with Gasteiger partial charge in [0.15, 0.2) is 0 Å². The van der Waals surface area contributed by atoms with Crippen LogP contribution in [0.15, 0.2) is 30.5 Å². The molecule has 1 aromatic carbocycles. The third kappa shape index (κ3) is 3.62. The average molecular weight is 287 g/mol. The number of nitrogens with one attached hydrogen (secondary N) is 1. The zero-order valence-corrected chi connectivity index (χ0v) is 12.9. The lowest BCUT2D eigenvalue weighted by atomic mass is 10.1. The molecule has 1 heterocycles. The van der Waals surface area contributed by atoms with Crippen molar-refractivity contribution in [2.75, 3.05) is 12.4 Å². The topological polar surface area (TPSA) is 56.1 Å². The molecule has 1 aromatic heterocycles. The quantitative estimate of drug-likeness (QED) is 0.919. The maximum Gasteiger partial charge on any atom is 0.246 e. The molecule has 1 amide bonds. The van der Waals surface area contributed by atoms with Gasteiger partial charge in [0.1, 0.15) is 12.3 Å². The van der Waals surface area contributed by atoms with Crippen LogP contribution in [0.25, 0.3) is 0 Å². The van der Waals surface area contributed by atoms with Gasteiger partial charge >= 0.3 is 0 Å². The van der Waals surface area contributed by atoms with E-state index >= 15 is 0 Å². The van der Waals surface area contributed by atoms with Crippen LogP contribution >= 0.6 is 0 Å². The Hall–Kier alpha value is -2.30. The lowest BCUT2D eigenvalue weighted by Crippen LogP contribution is -2.19. The lowest BCUT2D eigenvalue weighted by molar-refractivity contribution is -0.116. The van der Waals surface area contributed by atoms with Crippen LogP contribution in [0.3, 0.4) is 0 Å². The lowest BCUT2D eigenvalue weighted by Gasteiger charge is -2.09. The number of hydrogen-bond donors (Lipinski definition) is 1. The average Bonchev–Trinajstić information content (AvgIpc) is 2.80. The summed E-state index contributed by atoms with van der Waals surface area (Å²) in [6.07, 6.45) is 1.93. The van der Waals surface area contributed by atoms with Crippen molar-refractivity contribution in [2.24, 2.45) is 0 Å². The number of para-hydroxylation sites is 2. The number of carbonyl (C=O) groups is 1. The Balaban J connectivity index is 2.06. The van der Waals surface area contributed by atoms with Crippen LogP contribution in [0.1, 0.15) is 31.0 Å². The number of benzene rings is 1. The number of methoxy groups -OCH3 is 1. The molecular weight excluding hydrogens is 266 g/mol. The molecule has 0 spiro atoms. The first-order valence-corrected chi connectivity index (χ1v) is 6.98. The zero-order valence-electron chi connectivity index (χ0n) is 12.9. The van der Waals surface area contributed by atoms with Gasteiger partial charge in [0.05, 0.1) is 18.5 Å². The zero-order chi connectivity index (χ0) is 15.4. The molecule has 0 saturated carbocycles. The molecule has 0 radical (unpaired) electrons. The summed E-state index contributed by atoms with van der Waals surface area (Å²) >= 11 is 0. The van der Waals surface area contributed by atoms with Crippen LogP contribution < -0.4 is 10.1 Å². The molecule has 0 fully saturated rings. The van der Waals surface area contributed by atoms with Crippen LogP contribution in [0.2, 0.25) is 0 Å². The highest BCUT2D eigenvalue weighted by Gasteiger charge is 2.12. The smallest absolute Gasteiger partial charge is 0.246 e. The highest BCUT2D eigenvalue weighted by atomic mass is 16.5. The Bertz CT molecular complexity index is 632. The molecule has 1 N–H and O–H groups in total. The van der Waals surface area contributed by atoms with Crippen LogP contribution in [0.5, 0.6) is 5.75 Å². The minimum absolute atomic E-state index is 0.127. The summed E-state index contributed by atoms with van der Waals surface area (Å²) in [6, 6.07) is 7.34. The fourth-order valence-corrected chi connectivity index (χ4v) is 2.27. The fourth-order valence-electron chi connectivity index (χ4n) is 2.27. The third-order valence-electron chi connectivity index (χ3n) is 3.29. The van der Waals surface area contributed by atoms with Crippen molar-refractivity contribution < 1.29 is 9.53 Å². The second kappa shape index (κ2) is 6.43. The molecule has 21 heavy (non-hydrogen) atoms. The summed E-state index contributed by atoms with van der Waals surface area (Å²) in [6.45, 7) is 6.38. The van der Waals surface area contributed by atoms with Crippen molar-refractivity contribution in [3.8, 4) is 5.75 Å². The van der Waals surface area contributed by atoms with E-state index < -0.39 is 0 Å². The SMILES string of the molecule is COc1ccccc1NC(=O)Cn1cc(C(C)C)c(C)n1. The molecular formula is C16H21N3O2. The van der Waals surface area contributed by atoms with E-state index in [0.717, 1.165) is 5.69 Å². The van der Waals surface area contributed by atoms with Crippen LogP contribution in [0.4, 0.5) is 5.69 Å². The number of aryl methyl sites for hydroxylation is 1. The van der Waals surface area contributed by atoms with Crippen molar-refractivity contribution in [1.29, 1.82) is 0 Å². The number of hydrogen-bond acceptors (Lipinski definition) is 3. The van der Waals surface area contributed by atoms with Gasteiger partial charge < -0.3 is 10.1 Å². The van der Waals surface area contributed by atoms with Crippen LogP contribution in [-0.4, -0.2) is 22.8 Å². The molecule has 0 aliphatic carbocycles. The highest BCUT2D eigenvalue weighted by Crippen LogP contribution is 2.23. The predicted octanol–water partition coefficient (Wildman–Crippen LogP) is 2.96. The minimum atomic E-state index is -0.127. The van der Waals surface area contributed by atoms with E-state index in [1.807, 2.05) is 37.4 Å². The Labute approximate surface area is 124 Å². The summed E-state index contributed by atoms with van der Waals surface area (Å²) in [5.74, 6) is 0.915. The summed E-state index contributed by atoms with van der Waals surface area (Å²) < 4.78 is 6.89. The minimum Gasteiger partial charge on any atom is -0.495 e. The van der Waals surface area contributed by atoms with Gasteiger partial charge in [-0.2, -0.15) is 5.10 Å². The highest BCUT2D eigenvalue weighted by molar-refractivity contribution is 5.92. The summed E-state index contributed by atoms with van der Waals surface area (Å²) in [5.41, 5.74) is 2.80. The van der Waals surface area contributed by atoms with E-state index in [9.17, 15) is 4.79 Å². The Morgan fingerprint density at radius 1 is 1.38 bits per heavy atom. The predicted molar refractivity (Wildman–Crippen MR) is 82.7 cm³/mol. The van der Waals surface area contributed by atoms with Crippen molar-refractivity contribution in [2.45, 2.75) is 33.2 Å². The van der Waals surface area contributed by atoms with Gasteiger partial charge in [-0.3, -0.25) is 9.48 Å². The van der Waals surface area contributed by atoms with E-state index in [1.165, 1.54) is 5.56 Å². The van der Waals surface area contributed by atoms with E-state index in [-0.39, 0.29) is 12.5 Å². The molecule has 0 bridgehead atoms. The molecule has 0 aliphatic heterocycles. The first-order valence-electron chi connectivity index (χ1n) is 6.98. The van der Waals surface area contributed by atoms with Crippen molar-refractivity contribution in [3.63, 3.8) is 0 Å². The largest absolute Gasteiger partial charge is 0.495 e. The number of ether oxygens (including phenoxy) is 1. The standard InChI is InChI=1S/C16H21N3O2/c1-11(2)13-9-19(18-12(13)3)10-16(20)17-14-7-5-6-8-15(14)21-4/h5-9,11H,10H2,1-4H3,(H,17,20). The second-order valence-electron chi connectivity index (χ2n) is 5.27. The van der Waals surface area contributed by atoms with Gasteiger partial charge in [-0.1, -0.05) is 26.0 Å². The van der Waals surface area contributed by atoms with Gasteiger partial charge in [-0.25, -0.2) is 0 Å². The van der Waals surface area contributed by atoms with Gasteiger partial charge in [0.2, 0.25) is 5.91 Å². The molecule has 0 aliphatic rings. The number of carbonyl (C=O) groups excluding carboxylic acids is 1. The summed E-state index contributed by atoms with van der Waals surface area (Å²) in [7, 11) is 1.58. The van der Waals surface area contributed by atoms with E-state index in [1.54, 1.807) is 11.8 Å². The number of amides is 1. The molecule has 0 unspecified atom stereocenters. The number of rotatable bonds is 5. The van der Waals surface area contributed by atoms with E-state index in [0.29, 0.717) is 17.4 Å². The van der Waals surface area contributed by atoms with Gasteiger partial charge in [-0.05, 0) is 30.5 Å². The number of nitrogens with zero attached hydrogens (tertiary/aromatic N) is 2. The monoisotopic (exact) mass is 287 g/mol. The van der Waals surface area contributed by atoms with Crippen molar-refractivity contribution in [1.82, 2.24) is 9.78 Å². The van der Waals surface area contributed by atoms with E-state index in [2.05, 4.69) is 24.3 Å². The molecule has 0 saturated heterocycles. The second-order valence-corrected chi connectivity index (χ2v) is 5.27. The van der Waals surface area contributed by atoms with Crippen LogP contribution in [0, 0.1) is 6.92 Å². The third-order valence-corrected chi connectivity index (χ3v) is 3.29. The summed E-state index contributed by atoms with van der Waals surface area (Å²) in [4.78, 5) is 12.1. The molecule has 2 rings (SSSR count). The van der Waals surface area contributed by atoms with Gasteiger partial charge in [0.25, 0.3) is 0 Å². The van der Waals surface area contributed by atoms with Crippen LogP contribution in [-0.2, 0) is 11.3 Å². The normalized spacial score (nSPS) is 10.7. The van der Waals surface area contributed by atoms with Gasteiger partial charge in [-0.15, -0.1) is 0 Å². The maximum atomic E-state index is 12.1. The first-order chi connectivity index (χ1) is 10.0. The molecule has 2 aromatic rings. The van der Waals surface area contributed by atoms with Crippen molar-refractivity contribution in [3.05, 3.63) is 41.7 Å². The molecule has 112 valence electrons. The molecule has 5 heteroatoms. The Morgan fingerprint density at radius 2 is 2.10 bits per heavy atom. The summed E-state index contributed by atoms with van der Waals surface area (Å²) in [5, 5.41) is 7.22. The Morgan fingerprint density at radius 3 is 2.71 bits per heavy atom. The first kappa shape index (κ1) is 15.1.